The number of aromatic nitrogens is 1. The van der Waals surface area contributed by atoms with E-state index in [4.69, 9.17) is 15.9 Å². The third-order valence-corrected chi connectivity index (χ3v) is 3.61. The SMILES string of the molecule is C[C@@H](N)Cn1ccc2c1-c1cc(F)ccc1C2.O=C(O)C=CC(=O)O. The molecule has 0 spiro atoms. The Labute approximate surface area is 144 Å². The summed E-state index contributed by atoms with van der Waals surface area (Å²) in [7, 11) is 0. The summed E-state index contributed by atoms with van der Waals surface area (Å²) in [6.45, 7) is 2.75. The Bertz CT molecular complexity index is 808. The van der Waals surface area contributed by atoms with Crippen LogP contribution < -0.4 is 5.73 Å². The lowest BCUT2D eigenvalue weighted by Crippen LogP contribution is -2.22. The highest BCUT2D eigenvalue weighted by Gasteiger charge is 2.22. The Balaban J connectivity index is 0.000000242. The average Bonchev–Trinajstić information content (AvgIpc) is 3.05. The van der Waals surface area contributed by atoms with Gasteiger partial charge in [0.1, 0.15) is 5.82 Å². The summed E-state index contributed by atoms with van der Waals surface area (Å²) in [4.78, 5) is 19.1. The predicted octanol–water partition coefficient (Wildman–Crippen LogP) is 2.26. The van der Waals surface area contributed by atoms with Crippen molar-refractivity contribution >= 4 is 11.9 Å². The van der Waals surface area contributed by atoms with Crippen LogP contribution in [0.1, 0.15) is 18.1 Å². The maximum atomic E-state index is 13.3. The van der Waals surface area contributed by atoms with Crippen LogP contribution in [0, 0.1) is 5.82 Å². The minimum atomic E-state index is -1.26. The van der Waals surface area contributed by atoms with Gasteiger partial charge in [0.15, 0.2) is 0 Å². The van der Waals surface area contributed by atoms with Gasteiger partial charge in [-0.1, -0.05) is 6.07 Å². The molecule has 4 N–H and O–H groups in total. The molecular formula is C18H19FN2O4. The van der Waals surface area contributed by atoms with Gasteiger partial charge in [-0.2, -0.15) is 0 Å². The minimum Gasteiger partial charge on any atom is -0.478 e. The van der Waals surface area contributed by atoms with Crippen LogP contribution in [-0.4, -0.2) is 32.8 Å². The van der Waals surface area contributed by atoms with Crippen molar-refractivity contribution in [2.75, 3.05) is 0 Å². The number of carbonyl (C=O) groups is 2. The summed E-state index contributed by atoms with van der Waals surface area (Å²) in [6, 6.07) is 7.24. The van der Waals surface area contributed by atoms with Gasteiger partial charge in [0.05, 0.1) is 5.69 Å². The van der Waals surface area contributed by atoms with Crippen molar-refractivity contribution in [2.45, 2.75) is 25.9 Å². The molecular weight excluding hydrogens is 327 g/mol. The van der Waals surface area contributed by atoms with Crippen LogP contribution in [0.3, 0.4) is 0 Å². The van der Waals surface area contributed by atoms with Gasteiger partial charge in [-0.15, -0.1) is 0 Å². The van der Waals surface area contributed by atoms with Crippen molar-refractivity contribution in [1.29, 1.82) is 0 Å². The van der Waals surface area contributed by atoms with E-state index in [0.717, 1.165) is 24.2 Å². The highest BCUT2D eigenvalue weighted by atomic mass is 19.1. The minimum absolute atomic E-state index is 0.101. The zero-order valence-corrected chi connectivity index (χ0v) is 13.6. The highest BCUT2D eigenvalue weighted by Crippen LogP contribution is 2.37. The van der Waals surface area contributed by atoms with Crippen molar-refractivity contribution in [3.05, 3.63) is 59.6 Å². The molecule has 0 saturated heterocycles. The molecule has 7 heteroatoms. The van der Waals surface area contributed by atoms with E-state index in [1.165, 1.54) is 17.2 Å². The van der Waals surface area contributed by atoms with E-state index in [1.807, 2.05) is 19.2 Å². The molecule has 1 aromatic carbocycles. The number of hydrogen-bond donors (Lipinski definition) is 3. The van der Waals surface area contributed by atoms with Crippen LogP contribution in [0.15, 0.2) is 42.6 Å². The first-order chi connectivity index (χ1) is 11.8. The van der Waals surface area contributed by atoms with Crippen molar-refractivity contribution in [2.24, 2.45) is 5.73 Å². The number of nitrogens with two attached hydrogens (primary N) is 1. The first-order valence-electron chi connectivity index (χ1n) is 7.64. The molecule has 25 heavy (non-hydrogen) atoms. The lowest BCUT2D eigenvalue weighted by Gasteiger charge is -2.11. The standard InChI is InChI=1S/C14H15FN2.C4H4O4/c1-9(16)8-17-5-4-11-6-10-2-3-12(15)7-13(10)14(11)17;5-3(6)1-2-4(7)8/h2-5,7,9H,6,8,16H2,1H3;1-2H,(H,5,6)(H,7,8)/t9-;/m1./s1. The molecule has 1 aromatic heterocycles. The van der Waals surface area contributed by atoms with Gasteiger partial charge >= 0.3 is 11.9 Å². The smallest absolute Gasteiger partial charge is 0.328 e. The molecule has 132 valence electrons. The zero-order chi connectivity index (χ0) is 18.6. The maximum absolute atomic E-state index is 13.3. The number of rotatable bonds is 4. The Hall–Kier alpha value is -2.93. The molecule has 0 bridgehead atoms. The van der Waals surface area contributed by atoms with Crippen LogP contribution in [0.4, 0.5) is 4.39 Å². The van der Waals surface area contributed by atoms with E-state index in [-0.39, 0.29) is 11.9 Å². The summed E-state index contributed by atoms with van der Waals surface area (Å²) in [5, 5.41) is 15.6. The van der Waals surface area contributed by atoms with Crippen molar-refractivity contribution in [1.82, 2.24) is 4.57 Å². The number of hydrogen-bond acceptors (Lipinski definition) is 3. The zero-order valence-electron chi connectivity index (χ0n) is 13.6. The highest BCUT2D eigenvalue weighted by molar-refractivity contribution is 5.89. The van der Waals surface area contributed by atoms with Crippen molar-refractivity contribution in [3.63, 3.8) is 0 Å². The largest absolute Gasteiger partial charge is 0.478 e. The molecule has 1 aliphatic rings. The molecule has 1 aliphatic carbocycles. The normalized spacial score (nSPS) is 12.9. The van der Waals surface area contributed by atoms with Gasteiger partial charge in [0.25, 0.3) is 0 Å². The Morgan fingerprint density at radius 3 is 2.44 bits per heavy atom. The quantitative estimate of drug-likeness (QED) is 0.628. The van der Waals surface area contributed by atoms with Crippen LogP contribution in [0.5, 0.6) is 0 Å². The fraction of sp³-hybridized carbons (Fsp3) is 0.222. The number of carboxylic acids is 2. The van der Waals surface area contributed by atoms with E-state index >= 15 is 0 Å². The Morgan fingerprint density at radius 1 is 1.24 bits per heavy atom. The predicted molar refractivity (Wildman–Crippen MR) is 90.7 cm³/mol. The van der Waals surface area contributed by atoms with Gasteiger partial charge in [0, 0.05) is 42.9 Å². The van der Waals surface area contributed by atoms with Crippen LogP contribution in [0.25, 0.3) is 11.3 Å². The van der Waals surface area contributed by atoms with E-state index in [0.29, 0.717) is 12.2 Å². The monoisotopic (exact) mass is 346 g/mol. The van der Waals surface area contributed by atoms with E-state index in [1.54, 1.807) is 6.07 Å². The molecule has 0 radical (unpaired) electrons. The van der Waals surface area contributed by atoms with E-state index in [2.05, 4.69) is 10.6 Å². The van der Waals surface area contributed by atoms with Crippen molar-refractivity contribution < 1.29 is 24.2 Å². The third kappa shape index (κ3) is 4.77. The van der Waals surface area contributed by atoms with Gasteiger partial charge in [-0.3, -0.25) is 0 Å². The first kappa shape index (κ1) is 18.4. The molecule has 0 amide bonds. The lowest BCUT2D eigenvalue weighted by atomic mass is 10.1. The summed E-state index contributed by atoms with van der Waals surface area (Å²) >= 11 is 0. The maximum Gasteiger partial charge on any atom is 0.328 e. The van der Waals surface area contributed by atoms with Crippen LogP contribution in [0.2, 0.25) is 0 Å². The fourth-order valence-electron chi connectivity index (χ4n) is 2.72. The number of benzene rings is 1. The number of aliphatic carboxylic acids is 2. The Kier molecular flexibility index (Phi) is 5.71. The van der Waals surface area contributed by atoms with Crippen LogP contribution in [-0.2, 0) is 22.6 Å². The van der Waals surface area contributed by atoms with Gasteiger partial charge in [0.2, 0.25) is 0 Å². The molecule has 1 atom stereocenters. The molecule has 3 rings (SSSR count). The molecule has 6 nitrogen and oxygen atoms in total. The van der Waals surface area contributed by atoms with Crippen molar-refractivity contribution in [3.8, 4) is 11.3 Å². The van der Waals surface area contributed by atoms with Crippen LogP contribution >= 0.6 is 0 Å². The summed E-state index contributed by atoms with van der Waals surface area (Å²) in [6.07, 6.45) is 4.06. The summed E-state index contributed by atoms with van der Waals surface area (Å²) in [5.74, 6) is -2.69. The second-order valence-electron chi connectivity index (χ2n) is 5.81. The van der Waals surface area contributed by atoms with Gasteiger partial charge in [-0.25, -0.2) is 14.0 Å². The second-order valence-corrected chi connectivity index (χ2v) is 5.81. The second kappa shape index (κ2) is 7.76. The Morgan fingerprint density at radius 2 is 1.88 bits per heavy atom. The number of halogens is 1. The molecule has 2 aromatic rings. The summed E-state index contributed by atoms with van der Waals surface area (Å²) < 4.78 is 15.5. The third-order valence-electron chi connectivity index (χ3n) is 3.61. The molecule has 0 aliphatic heterocycles. The topological polar surface area (TPSA) is 106 Å². The van der Waals surface area contributed by atoms with E-state index < -0.39 is 11.9 Å². The van der Waals surface area contributed by atoms with E-state index in [9.17, 15) is 14.0 Å². The molecule has 1 heterocycles. The first-order valence-corrected chi connectivity index (χ1v) is 7.64. The van der Waals surface area contributed by atoms with Gasteiger partial charge < -0.3 is 20.5 Å². The van der Waals surface area contributed by atoms with Gasteiger partial charge in [-0.05, 0) is 36.2 Å². The summed E-state index contributed by atoms with van der Waals surface area (Å²) in [5.41, 5.74) is 10.5. The number of nitrogens with zero attached hydrogens (tertiary/aromatic N) is 1. The number of fused-ring (bicyclic) bond motifs is 3. The lowest BCUT2D eigenvalue weighted by molar-refractivity contribution is -0.134. The molecule has 0 unspecified atom stereocenters. The molecule has 0 fully saturated rings. The number of carboxylic acid groups (broad SMARTS) is 2. The fourth-order valence-corrected chi connectivity index (χ4v) is 2.72. The average molecular weight is 346 g/mol. The molecule has 0 saturated carbocycles.